The van der Waals surface area contributed by atoms with Gasteiger partial charge in [-0.25, -0.2) is 5.01 Å². The first-order valence-electron chi connectivity index (χ1n) is 7.76. The van der Waals surface area contributed by atoms with Crippen LogP contribution in [-0.4, -0.2) is 11.2 Å². The summed E-state index contributed by atoms with van der Waals surface area (Å²) in [6, 6.07) is 18.4. The summed E-state index contributed by atoms with van der Waals surface area (Å²) in [6.07, 6.45) is 5.79. The maximum absolute atomic E-state index is 6.08. The molecule has 0 aromatic heterocycles. The molecule has 0 spiro atoms. The molecule has 0 fully saturated rings. The van der Waals surface area contributed by atoms with Gasteiger partial charge in [-0.05, 0) is 19.4 Å². The summed E-state index contributed by atoms with van der Waals surface area (Å²) in [6.45, 7) is 4.47. The lowest BCUT2D eigenvalue weighted by Crippen LogP contribution is -2.16. The first kappa shape index (κ1) is 15.1. The molecule has 1 heterocycles. The van der Waals surface area contributed by atoms with Crippen LogP contribution in [0.3, 0.4) is 0 Å². The molecular formula is C20H20N2O. The van der Waals surface area contributed by atoms with Gasteiger partial charge in [0.25, 0.3) is 0 Å². The number of nitrogens with zero attached hydrogens (tertiary/aromatic N) is 2. The topological polar surface area (TPSA) is 24.8 Å². The summed E-state index contributed by atoms with van der Waals surface area (Å²) < 4.78 is 6.08. The smallest absolute Gasteiger partial charge is 0.146 e. The Morgan fingerprint density at radius 2 is 1.65 bits per heavy atom. The Labute approximate surface area is 137 Å². The molecule has 2 aromatic carbocycles. The Morgan fingerprint density at radius 1 is 0.957 bits per heavy atom. The summed E-state index contributed by atoms with van der Waals surface area (Å²) >= 11 is 0. The van der Waals surface area contributed by atoms with Crippen LogP contribution < -0.4 is 0 Å². The summed E-state index contributed by atoms with van der Waals surface area (Å²) in [4.78, 5) is 0. The van der Waals surface area contributed by atoms with E-state index in [2.05, 4.69) is 35.4 Å². The van der Waals surface area contributed by atoms with Crippen molar-refractivity contribution in [2.45, 2.75) is 20.5 Å². The van der Waals surface area contributed by atoms with Crippen molar-refractivity contribution >= 4 is 17.7 Å². The van der Waals surface area contributed by atoms with E-state index in [-0.39, 0.29) is 0 Å². The number of allylic oxidation sites excluding steroid dienone is 1. The van der Waals surface area contributed by atoms with E-state index in [0.717, 1.165) is 28.1 Å². The highest BCUT2D eigenvalue weighted by Crippen LogP contribution is 2.35. The highest BCUT2D eigenvalue weighted by molar-refractivity contribution is 5.81. The van der Waals surface area contributed by atoms with Gasteiger partial charge in [-0.1, -0.05) is 60.7 Å². The standard InChI is InChI=1S/C20H20N2O/c1-3-19-17-12-8-9-13-18(17)20(14-22(19)21-4-2)23-15-16-10-6-5-7-11-16/h3-14H,15H2,1-2H3/b19-3+,21-4-. The lowest BCUT2D eigenvalue weighted by atomic mass is 10.00. The van der Waals surface area contributed by atoms with E-state index < -0.39 is 0 Å². The monoisotopic (exact) mass is 304 g/mol. The van der Waals surface area contributed by atoms with Crippen molar-refractivity contribution in [1.29, 1.82) is 0 Å². The SMILES string of the molecule is C/C=N\N1C=C(OCc2ccccc2)c2ccccc2/C1=C\C. The lowest BCUT2D eigenvalue weighted by molar-refractivity contribution is 0.258. The summed E-state index contributed by atoms with van der Waals surface area (Å²) in [5.41, 5.74) is 4.43. The van der Waals surface area contributed by atoms with Crippen molar-refractivity contribution < 1.29 is 4.74 Å². The van der Waals surface area contributed by atoms with Crippen LogP contribution in [-0.2, 0) is 11.3 Å². The maximum atomic E-state index is 6.08. The van der Waals surface area contributed by atoms with Crippen LogP contribution in [0.4, 0.5) is 0 Å². The molecule has 0 bridgehead atoms. The van der Waals surface area contributed by atoms with Crippen LogP contribution in [0.25, 0.3) is 11.5 Å². The minimum atomic E-state index is 0.538. The predicted molar refractivity (Wildman–Crippen MR) is 95.3 cm³/mol. The van der Waals surface area contributed by atoms with Crippen LogP contribution >= 0.6 is 0 Å². The largest absolute Gasteiger partial charge is 0.487 e. The molecule has 0 unspecified atom stereocenters. The molecule has 2 aromatic rings. The third-order valence-corrected chi connectivity index (χ3v) is 3.71. The second-order valence-corrected chi connectivity index (χ2v) is 5.21. The van der Waals surface area contributed by atoms with E-state index in [4.69, 9.17) is 4.74 Å². The number of rotatable bonds is 4. The van der Waals surface area contributed by atoms with Crippen molar-refractivity contribution in [1.82, 2.24) is 5.01 Å². The van der Waals surface area contributed by atoms with Crippen molar-refractivity contribution in [3.8, 4) is 0 Å². The molecule has 0 saturated carbocycles. The first-order chi connectivity index (χ1) is 11.3. The van der Waals surface area contributed by atoms with Crippen molar-refractivity contribution in [3.63, 3.8) is 0 Å². The van der Waals surface area contributed by atoms with Crippen LogP contribution in [0.15, 0.2) is 72.0 Å². The van der Waals surface area contributed by atoms with E-state index in [1.807, 2.05) is 55.4 Å². The third-order valence-electron chi connectivity index (χ3n) is 3.71. The van der Waals surface area contributed by atoms with E-state index in [1.54, 1.807) is 6.21 Å². The van der Waals surface area contributed by atoms with Gasteiger partial charge in [0.2, 0.25) is 0 Å². The fourth-order valence-electron chi connectivity index (χ4n) is 2.65. The molecule has 0 radical (unpaired) electrons. The van der Waals surface area contributed by atoms with Crippen molar-refractivity contribution in [3.05, 3.63) is 83.6 Å². The van der Waals surface area contributed by atoms with Gasteiger partial charge in [-0.2, -0.15) is 5.10 Å². The van der Waals surface area contributed by atoms with Gasteiger partial charge in [0.1, 0.15) is 12.4 Å². The normalized spacial score (nSPS) is 15.7. The van der Waals surface area contributed by atoms with Gasteiger partial charge in [-0.3, -0.25) is 0 Å². The zero-order valence-corrected chi connectivity index (χ0v) is 13.4. The number of ether oxygens (including phenoxy) is 1. The predicted octanol–water partition coefficient (Wildman–Crippen LogP) is 4.88. The maximum Gasteiger partial charge on any atom is 0.146 e. The third kappa shape index (κ3) is 3.19. The molecular weight excluding hydrogens is 284 g/mol. The molecule has 0 amide bonds. The zero-order chi connectivity index (χ0) is 16.1. The molecule has 1 aliphatic heterocycles. The fourth-order valence-corrected chi connectivity index (χ4v) is 2.65. The zero-order valence-electron chi connectivity index (χ0n) is 13.4. The molecule has 0 atom stereocenters. The number of hydrogen-bond donors (Lipinski definition) is 0. The number of benzene rings is 2. The molecule has 0 aliphatic carbocycles. The van der Waals surface area contributed by atoms with Crippen LogP contribution in [0.5, 0.6) is 0 Å². The second-order valence-electron chi connectivity index (χ2n) is 5.21. The summed E-state index contributed by atoms with van der Waals surface area (Å²) in [7, 11) is 0. The highest BCUT2D eigenvalue weighted by Gasteiger charge is 2.22. The molecule has 1 aliphatic rings. The van der Waals surface area contributed by atoms with Crippen LogP contribution in [0.1, 0.15) is 30.5 Å². The average molecular weight is 304 g/mol. The highest BCUT2D eigenvalue weighted by atomic mass is 16.5. The molecule has 0 saturated heterocycles. The minimum absolute atomic E-state index is 0.538. The van der Waals surface area contributed by atoms with Gasteiger partial charge < -0.3 is 4.74 Å². The molecule has 23 heavy (non-hydrogen) atoms. The molecule has 3 rings (SSSR count). The van der Waals surface area contributed by atoms with Crippen molar-refractivity contribution in [2.75, 3.05) is 0 Å². The number of fused-ring (bicyclic) bond motifs is 1. The Hall–Kier alpha value is -2.81. The molecule has 3 heteroatoms. The quantitative estimate of drug-likeness (QED) is 0.752. The Kier molecular flexibility index (Phi) is 4.57. The number of hydrogen-bond acceptors (Lipinski definition) is 3. The van der Waals surface area contributed by atoms with E-state index in [1.165, 1.54) is 0 Å². The van der Waals surface area contributed by atoms with E-state index in [0.29, 0.717) is 6.61 Å². The average Bonchev–Trinajstić information content (AvgIpc) is 2.61. The molecule has 3 nitrogen and oxygen atoms in total. The summed E-state index contributed by atoms with van der Waals surface area (Å²) in [5.74, 6) is 0.834. The summed E-state index contributed by atoms with van der Waals surface area (Å²) in [5, 5.41) is 6.29. The second kappa shape index (κ2) is 6.97. The Balaban J connectivity index is 1.94. The fraction of sp³-hybridized carbons (Fsp3) is 0.150. The van der Waals surface area contributed by atoms with E-state index in [9.17, 15) is 0 Å². The minimum Gasteiger partial charge on any atom is -0.487 e. The van der Waals surface area contributed by atoms with Crippen LogP contribution in [0, 0.1) is 0 Å². The first-order valence-corrected chi connectivity index (χ1v) is 7.76. The Morgan fingerprint density at radius 3 is 2.35 bits per heavy atom. The van der Waals surface area contributed by atoms with Crippen molar-refractivity contribution in [2.24, 2.45) is 5.10 Å². The van der Waals surface area contributed by atoms with Gasteiger partial charge in [0.05, 0.1) is 11.9 Å². The number of hydrazone groups is 1. The molecule has 116 valence electrons. The van der Waals surface area contributed by atoms with Gasteiger partial charge in [0.15, 0.2) is 0 Å². The van der Waals surface area contributed by atoms with Gasteiger partial charge >= 0.3 is 0 Å². The van der Waals surface area contributed by atoms with Gasteiger partial charge in [0, 0.05) is 17.3 Å². The van der Waals surface area contributed by atoms with Gasteiger partial charge in [-0.15, -0.1) is 0 Å². The lowest BCUT2D eigenvalue weighted by Gasteiger charge is -2.27. The molecule has 0 N–H and O–H groups in total. The van der Waals surface area contributed by atoms with E-state index >= 15 is 0 Å². The van der Waals surface area contributed by atoms with Crippen LogP contribution in [0.2, 0.25) is 0 Å². The Bertz CT molecular complexity index is 760.